The normalized spacial score (nSPS) is 29.9. The van der Waals surface area contributed by atoms with Gasteiger partial charge >= 0.3 is 0 Å². The molecular formula is C41H75NO13. The van der Waals surface area contributed by atoms with E-state index in [1.54, 1.807) is 6.08 Å². The number of allylic oxidation sites excluding steroid dienone is 3. The highest BCUT2D eigenvalue weighted by molar-refractivity contribution is 5.76. The highest BCUT2D eigenvalue weighted by atomic mass is 16.7. The molecule has 14 nitrogen and oxygen atoms in total. The SMILES string of the molecule is CCCCCCCCCC/C=C/CC/C=C/C(O)C(COC1OC(CO)C(OC2OC(CO)C(O)C(O)C2O)C(O)C1O)NC(=O)CCCCCCCCC. The van der Waals surface area contributed by atoms with E-state index in [0.717, 1.165) is 38.5 Å². The standard InChI is InChI=1S/C41H75NO13/c1-3-5-7-9-11-12-13-14-15-16-17-19-20-22-24-30(45)29(42-33(46)25-23-21-18-10-8-6-4-2)28-52-40-38(51)36(49)39(32(27-44)54-40)55-41-37(50)35(48)34(47)31(26-43)53-41/h16-17,22,24,29-32,34-41,43-45,47-51H,3-15,18-21,23,25-28H2,1-2H3,(H,42,46)/b17-16+,24-22+. The lowest BCUT2D eigenvalue weighted by molar-refractivity contribution is -0.359. The molecule has 2 fully saturated rings. The summed E-state index contributed by atoms with van der Waals surface area (Å²) in [6.45, 7) is 2.66. The Morgan fingerprint density at radius 1 is 0.636 bits per heavy atom. The molecule has 2 saturated heterocycles. The molecule has 9 N–H and O–H groups in total. The van der Waals surface area contributed by atoms with Crippen molar-refractivity contribution >= 4 is 5.91 Å². The highest BCUT2D eigenvalue weighted by Gasteiger charge is 2.50. The predicted octanol–water partition coefficient (Wildman–Crippen LogP) is 3.04. The molecule has 0 saturated carbocycles. The number of aliphatic hydroxyl groups is 8. The predicted molar refractivity (Wildman–Crippen MR) is 208 cm³/mol. The molecule has 0 spiro atoms. The van der Waals surface area contributed by atoms with E-state index >= 15 is 0 Å². The summed E-state index contributed by atoms with van der Waals surface area (Å²) in [7, 11) is 0. The lowest BCUT2D eigenvalue weighted by atomic mass is 9.97. The number of amides is 1. The monoisotopic (exact) mass is 790 g/mol. The van der Waals surface area contributed by atoms with Crippen LogP contribution in [-0.2, 0) is 23.7 Å². The topological polar surface area (TPSA) is 228 Å². The summed E-state index contributed by atoms with van der Waals surface area (Å²) in [6.07, 6.45) is 11.2. The third kappa shape index (κ3) is 18.7. The lowest BCUT2D eigenvalue weighted by Crippen LogP contribution is -2.65. The Morgan fingerprint density at radius 2 is 1.16 bits per heavy atom. The first-order valence-corrected chi connectivity index (χ1v) is 21.1. The number of ether oxygens (including phenoxy) is 4. The van der Waals surface area contributed by atoms with Crippen LogP contribution in [0.15, 0.2) is 24.3 Å². The second-order valence-electron chi connectivity index (χ2n) is 15.1. The lowest BCUT2D eigenvalue weighted by Gasteiger charge is -2.46. The minimum Gasteiger partial charge on any atom is -0.394 e. The molecule has 12 unspecified atom stereocenters. The van der Waals surface area contributed by atoms with Crippen LogP contribution in [0.2, 0.25) is 0 Å². The van der Waals surface area contributed by atoms with Gasteiger partial charge < -0.3 is 65.1 Å². The van der Waals surface area contributed by atoms with Crippen LogP contribution in [0.3, 0.4) is 0 Å². The van der Waals surface area contributed by atoms with Crippen molar-refractivity contribution in [2.75, 3.05) is 19.8 Å². The molecular weight excluding hydrogens is 714 g/mol. The van der Waals surface area contributed by atoms with Gasteiger partial charge in [0.25, 0.3) is 0 Å². The van der Waals surface area contributed by atoms with Crippen molar-refractivity contribution in [1.29, 1.82) is 0 Å². The van der Waals surface area contributed by atoms with Crippen molar-refractivity contribution in [2.45, 2.75) is 209 Å². The molecule has 0 aromatic rings. The highest BCUT2D eigenvalue weighted by Crippen LogP contribution is 2.29. The molecule has 0 aromatic heterocycles. The molecule has 2 rings (SSSR count). The maximum absolute atomic E-state index is 12.9. The third-order valence-electron chi connectivity index (χ3n) is 10.4. The Hall–Kier alpha value is -1.53. The zero-order chi connectivity index (χ0) is 40.4. The van der Waals surface area contributed by atoms with E-state index in [1.165, 1.54) is 64.2 Å². The maximum Gasteiger partial charge on any atom is 0.220 e. The summed E-state index contributed by atoms with van der Waals surface area (Å²) in [5.74, 6) is -0.259. The summed E-state index contributed by atoms with van der Waals surface area (Å²) in [5, 5.41) is 86.0. The first kappa shape index (κ1) is 49.6. The van der Waals surface area contributed by atoms with Crippen molar-refractivity contribution in [3.8, 4) is 0 Å². The Bertz CT molecular complexity index is 1030. The van der Waals surface area contributed by atoms with Crippen molar-refractivity contribution in [3.63, 3.8) is 0 Å². The van der Waals surface area contributed by atoms with Gasteiger partial charge in [-0.1, -0.05) is 122 Å². The molecule has 0 radical (unpaired) electrons. The van der Waals surface area contributed by atoms with Crippen molar-refractivity contribution in [3.05, 3.63) is 24.3 Å². The minimum absolute atomic E-state index is 0.259. The van der Waals surface area contributed by atoms with Gasteiger partial charge in [0, 0.05) is 6.42 Å². The van der Waals surface area contributed by atoms with E-state index in [2.05, 4.69) is 31.3 Å². The second-order valence-corrected chi connectivity index (χ2v) is 15.1. The number of unbranched alkanes of at least 4 members (excludes halogenated alkanes) is 15. The van der Waals surface area contributed by atoms with Crippen molar-refractivity contribution < 1.29 is 64.6 Å². The number of hydrogen-bond donors (Lipinski definition) is 9. The van der Waals surface area contributed by atoms with Crippen LogP contribution in [0.25, 0.3) is 0 Å². The first-order chi connectivity index (χ1) is 26.6. The van der Waals surface area contributed by atoms with Crippen LogP contribution in [0.5, 0.6) is 0 Å². The van der Waals surface area contributed by atoms with E-state index in [1.807, 2.05) is 6.08 Å². The van der Waals surface area contributed by atoms with Gasteiger partial charge in [-0.15, -0.1) is 0 Å². The van der Waals surface area contributed by atoms with Gasteiger partial charge in [-0.2, -0.15) is 0 Å². The van der Waals surface area contributed by atoms with E-state index in [0.29, 0.717) is 12.8 Å². The van der Waals surface area contributed by atoms with Crippen LogP contribution in [-0.4, -0.2) is 140 Å². The van der Waals surface area contributed by atoms with Crippen LogP contribution in [0, 0.1) is 0 Å². The smallest absolute Gasteiger partial charge is 0.220 e. The molecule has 14 heteroatoms. The van der Waals surface area contributed by atoms with Crippen LogP contribution < -0.4 is 5.32 Å². The number of aliphatic hydroxyl groups excluding tert-OH is 8. The number of carbonyl (C=O) groups excluding carboxylic acids is 1. The number of hydrogen-bond acceptors (Lipinski definition) is 13. The van der Waals surface area contributed by atoms with Gasteiger partial charge in [-0.3, -0.25) is 4.79 Å². The molecule has 55 heavy (non-hydrogen) atoms. The van der Waals surface area contributed by atoms with Gasteiger partial charge in [0.05, 0.1) is 32.0 Å². The molecule has 0 aromatic carbocycles. The van der Waals surface area contributed by atoms with Gasteiger partial charge in [0.15, 0.2) is 12.6 Å². The molecule has 322 valence electrons. The molecule has 2 heterocycles. The molecule has 2 aliphatic rings. The molecule has 1 amide bonds. The summed E-state index contributed by atoms with van der Waals surface area (Å²) in [4.78, 5) is 12.9. The summed E-state index contributed by atoms with van der Waals surface area (Å²) in [6, 6.07) is -0.922. The first-order valence-electron chi connectivity index (χ1n) is 21.1. The number of nitrogens with one attached hydrogen (secondary N) is 1. The summed E-state index contributed by atoms with van der Waals surface area (Å²) >= 11 is 0. The summed E-state index contributed by atoms with van der Waals surface area (Å²) in [5.41, 5.74) is 0. The fourth-order valence-electron chi connectivity index (χ4n) is 6.83. The van der Waals surface area contributed by atoms with E-state index in [-0.39, 0.29) is 18.9 Å². The zero-order valence-corrected chi connectivity index (χ0v) is 33.4. The van der Waals surface area contributed by atoms with Gasteiger partial charge in [-0.05, 0) is 32.1 Å². The van der Waals surface area contributed by atoms with Crippen LogP contribution in [0.4, 0.5) is 0 Å². The van der Waals surface area contributed by atoms with Crippen molar-refractivity contribution in [2.24, 2.45) is 0 Å². The fraction of sp³-hybridized carbons (Fsp3) is 0.878. The number of rotatable bonds is 30. The average molecular weight is 790 g/mol. The Labute approximate surface area is 328 Å². The largest absolute Gasteiger partial charge is 0.394 e. The maximum atomic E-state index is 12.9. The average Bonchev–Trinajstić information content (AvgIpc) is 3.18. The second kappa shape index (κ2) is 29.6. The van der Waals surface area contributed by atoms with Gasteiger partial charge in [0.2, 0.25) is 5.91 Å². The zero-order valence-electron chi connectivity index (χ0n) is 33.4. The van der Waals surface area contributed by atoms with Crippen molar-refractivity contribution in [1.82, 2.24) is 5.32 Å². The molecule has 12 atom stereocenters. The van der Waals surface area contributed by atoms with E-state index in [9.17, 15) is 45.6 Å². The fourth-order valence-corrected chi connectivity index (χ4v) is 6.83. The Balaban J connectivity index is 1.94. The molecule has 2 aliphatic heterocycles. The van der Waals surface area contributed by atoms with Gasteiger partial charge in [-0.25, -0.2) is 0 Å². The van der Waals surface area contributed by atoms with Crippen LogP contribution >= 0.6 is 0 Å². The van der Waals surface area contributed by atoms with E-state index in [4.69, 9.17) is 18.9 Å². The summed E-state index contributed by atoms with van der Waals surface area (Å²) < 4.78 is 22.5. The Morgan fingerprint density at radius 3 is 1.78 bits per heavy atom. The molecule has 0 bridgehead atoms. The Kier molecular flexibility index (Phi) is 26.7. The molecule has 0 aliphatic carbocycles. The van der Waals surface area contributed by atoms with Gasteiger partial charge in [0.1, 0.15) is 48.8 Å². The quantitative estimate of drug-likeness (QED) is 0.0377. The number of carbonyl (C=O) groups is 1. The minimum atomic E-state index is -1.79. The third-order valence-corrected chi connectivity index (χ3v) is 10.4. The van der Waals surface area contributed by atoms with Crippen LogP contribution in [0.1, 0.15) is 136 Å². The van der Waals surface area contributed by atoms with E-state index < -0.39 is 86.8 Å².